The molecule has 0 bridgehead atoms. The summed E-state index contributed by atoms with van der Waals surface area (Å²) in [6.45, 7) is 9.17. The molecule has 1 aromatic rings. The van der Waals surface area contributed by atoms with Gasteiger partial charge in [-0.15, -0.1) is 0 Å². The summed E-state index contributed by atoms with van der Waals surface area (Å²) in [7, 11) is 0. The van der Waals surface area contributed by atoms with Gasteiger partial charge in [0.1, 0.15) is 0 Å². The van der Waals surface area contributed by atoms with Crippen LogP contribution in [0.15, 0.2) is 24.3 Å². The molecule has 0 spiro atoms. The largest absolute Gasteiger partial charge is 0.462 e. The van der Waals surface area contributed by atoms with Gasteiger partial charge in [-0.1, -0.05) is 12.1 Å². The molecule has 0 N–H and O–H groups in total. The fraction of sp³-hybridized carbons (Fsp3) is 0.273. The monoisotopic (exact) mass is 189 g/mol. The highest BCUT2D eigenvalue weighted by atomic mass is 16.5. The van der Waals surface area contributed by atoms with E-state index in [9.17, 15) is 4.79 Å². The lowest BCUT2D eigenvalue weighted by molar-refractivity contribution is 0.0526. The second kappa shape index (κ2) is 5.03. The van der Waals surface area contributed by atoms with Gasteiger partial charge in [0.15, 0.2) is 0 Å². The molecule has 0 heterocycles. The van der Waals surface area contributed by atoms with Gasteiger partial charge in [-0.05, 0) is 19.1 Å². The third kappa shape index (κ3) is 2.60. The molecule has 0 amide bonds. The zero-order valence-electron chi connectivity index (χ0n) is 7.99. The first-order chi connectivity index (χ1) is 6.77. The Kier molecular flexibility index (Phi) is 3.69. The zero-order chi connectivity index (χ0) is 10.4. The van der Waals surface area contributed by atoms with Crippen LogP contribution in [-0.4, -0.2) is 12.6 Å². The highest BCUT2D eigenvalue weighted by molar-refractivity contribution is 5.89. The maximum atomic E-state index is 11.2. The fourth-order valence-corrected chi connectivity index (χ4v) is 1.05. The second-order valence-electron chi connectivity index (χ2n) is 2.73. The normalized spacial score (nSPS) is 9.14. The van der Waals surface area contributed by atoms with Crippen LogP contribution in [-0.2, 0) is 11.3 Å². The fourth-order valence-electron chi connectivity index (χ4n) is 1.05. The van der Waals surface area contributed by atoms with Crippen LogP contribution in [0.5, 0.6) is 0 Å². The Morgan fingerprint density at radius 1 is 1.43 bits per heavy atom. The van der Waals surface area contributed by atoms with E-state index < -0.39 is 0 Å². The first kappa shape index (κ1) is 10.3. The van der Waals surface area contributed by atoms with Gasteiger partial charge in [-0.25, -0.2) is 11.4 Å². The number of hydrogen-bond acceptors (Lipinski definition) is 2. The highest BCUT2D eigenvalue weighted by Crippen LogP contribution is 2.06. The van der Waals surface area contributed by atoms with Crippen LogP contribution in [0.25, 0.3) is 4.85 Å². The van der Waals surface area contributed by atoms with E-state index in [1.165, 1.54) is 0 Å². The topological polar surface area (TPSA) is 30.7 Å². The first-order valence-corrected chi connectivity index (χ1v) is 4.37. The molecule has 0 radical (unpaired) electrons. The van der Waals surface area contributed by atoms with Gasteiger partial charge >= 0.3 is 5.97 Å². The molecular weight excluding hydrogens is 178 g/mol. The van der Waals surface area contributed by atoms with Crippen molar-refractivity contribution in [2.75, 3.05) is 6.61 Å². The van der Waals surface area contributed by atoms with E-state index in [1.807, 2.05) is 0 Å². The van der Waals surface area contributed by atoms with E-state index in [2.05, 4.69) is 4.85 Å². The van der Waals surface area contributed by atoms with Gasteiger partial charge in [0, 0.05) is 5.56 Å². The molecule has 1 rings (SSSR count). The molecule has 0 aliphatic rings. The predicted molar refractivity (Wildman–Crippen MR) is 52.7 cm³/mol. The zero-order valence-corrected chi connectivity index (χ0v) is 7.99. The van der Waals surface area contributed by atoms with Crippen molar-refractivity contribution < 1.29 is 9.53 Å². The van der Waals surface area contributed by atoms with Gasteiger partial charge in [-0.2, -0.15) is 0 Å². The van der Waals surface area contributed by atoms with E-state index in [4.69, 9.17) is 11.3 Å². The van der Waals surface area contributed by atoms with E-state index in [0.29, 0.717) is 18.7 Å². The number of esters is 1. The number of carbonyl (C=O) groups is 1. The molecule has 0 aliphatic carbocycles. The van der Waals surface area contributed by atoms with Crippen molar-refractivity contribution >= 4 is 5.97 Å². The van der Waals surface area contributed by atoms with Gasteiger partial charge in [0.25, 0.3) is 0 Å². The van der Waals surface area contributed by atoms with Crippen molar-refractivity contribution in [2.24, 2.45) is 0 Å². The summed E-state index contributed by atoms with van der Waals surface area (Å²) in [6, 6.07) is 6.89. The smallest absolute Gasteiger partial charge is 0.338 e. The van der Waals surface area contributed by atoms with Gasteiger partial charge in [-0.3, -0.25) is 0 Å². The van der Waals surface area contributed by atoms with Crippen LogP contribution < -0.4 is 0 Å². The number of benzene rings is 1. The van der Waals surface area contributed by atoms with Crippen molar-refractivity contribution in [2.45, 2.75) is 13.5 Å². The van der Waals surface area contributed by atoms with Crippen LogP contribution in [0.4, 0.5) is 0 Å². The first-order valence-electron chi connectivity index (χ1n) is 4.37. The molecule has 3 nitrogen and oxygen atoms in total. The molecule has 0 atom stereocenters. The third-order valence-electron chi connectivity index (χ3n) is 1.73. The molecule has 0 unspecified atom stereocenters. The summed E-state index contributed by atoms with van der Waals surface area (Å²) in [5.41, 5.74) is 1.44. The molecule has 1 aromatic carbocycles. The lowest BCUT2D eigenvalue weighted by atomic mass is 10.1. The van der Waals surface area contributed by atoms with Crippen LogP contribution in [0.3, 0.4) is 0 Å². The van der Waals surface area contributed by atoms with Crippen LogP contribution in [0.2, 0.25) is 0 Å². The molecule has 14 heavy (non-hydrogen) atoms. The Balaban J connectivity index is 2.73. The second-order valence-corrected chi connectivity index (χ2v) is 2.73. The Bertz CT molecular complexity index is 349. The van der Waals surface area contributed by atoms with Crippen molar-refractivity contribution in [3.63, 3.8) is 0 Å². The van der Waals surface area contributed by atoms with E-state index in [0.717, 1.165) is 5.56 Å². The van der Waals surface area contributed by atoms with E-state index in [-0.39, 0.29) is 5.97 Å². The molecule has 0 fully saturated rings. The number of rotatable bonds is 3. The maximum Gasteiger partial charge on any atom is 0.338 e. The number of hydrogen-bond donors (Lipinski definition) is 0. The van der Waals surface area contributed by atoms with Crippen LogP contribution >= 0.6 is 0 Å². The third-order valence-corrected chi connectivity index (χ3v) is 1.73. The van der Waals surface area contributed by atoms with Crippen LogP contribution in [0.1, 0.15) is 22.8 Å². The quantitative estimate of drug-likeness (QED) is 0.539. The van der Waals surface area contributed by atoms with E-state index >= 15 is 0 Å². The van der Waals surface area contributed by atoms with Crippen molar-refractivity contribution in [3.8, 4) is 0 Å². The SMILES string of the molecule is [C-]#[N+]Cc1ccc(C(=O)OCC)cc1. The number of nitrogens with zero attached hydrogens (tertiary/aromatic N) is 1. The summed E-state index contributed by atoms with van der Waals surface area (Å²) in [5.74, 6) is -0.318. The van der Waals surface area contributed by atoms with E-state index in [1.54, 1.807) is 31.2 Å². The Hall–Kier alpha value is -1.82. The summed E-state index contributed by atoms with van der Waals surface area (Å²) >= 11 is 0. The molecule has 72 valence electrons. The summed E-state index contributed by atoms with van der Waals surface area (Å²) < 4.78 is 4.83. The van der Waals surface area contributed by atoms with Crippen molar-refractivity contribution in [1.82, 2.24) is 0 Å². The standard InChI is InChI=1S/C11H11NO2/c1-3-14-11(13)10-6-4-9(5-7-10)8-12-2/h4-7H,3,8H2,1H3. The summed E-state index contributed by atoms with van der Waals surface area (Å²) in [6.07, 6.45) is 0. The molecular formula is C11H11NO2. The van der Waals surface area contributed by atoms with Crippen molar-refractivity contribution in [1.29, 1.82) is 0 Å². The minimum absolute atomic E-state index is 0.318. The highest BCUT2D eigenvalue weighted by Gasteiger charge is 2.05. The van der Waals surface area contributed by atoms with Crippen LogP contribution in [0, 0.1) is 6.57 Å². The maximum absolute atomic E-state index is 11.2. The average molecular weight is 189 g/mol. The summed E-state index contributed by atoms with van der Waals surface area (Å²) in [4.78, 5) is 14.5. The Labute approximate surface area is 83.1 Å². The molecule has 0 aliphatic heterocycles. The summed E-state index contributed by atoms with van der Waals surface area (Å²) in [5, 5.41) is 0. The number of carbonyl (C=O) groups excluding carboxylic acids is 1. The Morgan fingerprint density at radius 3 is 2.57 bits per heavy atom. The molecule has 0 aromatic heterocycles. The molecule has 0 saturated carbocycles. The Morgan fingerprint density at radius 2 is 2.07 bits per heavy atom. The lowest BCUT2D eigenvalue weighted by Crippen LogP contribution is -2.04. The predicted octanol–water partition coefficient (Wildman–Crippen LogP) is 2.28. The van der Waals surface area contributed by atoms with Gasteiger partial charge in [0.05, 0.1) is 12.2 Å². The average Bonchev–Trinajstić information content (AvgIpc) is 2.20. The minimum atomic E-state index is -0.318. The van der Waals surface area contributed by atoms with Gasteiger partial charge < -0.3 is 9.58 Å². The van der Waals surface area contributed by atoms with Gasteiger partial charge in [0.2, 0.25) is 6.54 Å². The molecule has 0 saturated heterocycles. The van der Waals surface area contributed by atoms with Crippen molar-refractivity contribution in [3.05, 3.63) is 46.8 Å². The molecule has 3 heteroatoms. The minimum Gasteiger partial charge on any atom is -0.462 e. The lowest BCUT2D eigenvalue weighted by Gasteiger charge is -2.00. The number of ether oxygens (including phenoxy) is 1.